The summed E-state index contributed by atoms with van der Waals surface area (Å²) in [5.74, 6) is 0.611. The smallest absolute Gasteiger partial charge is 0.227 e. The number of aromatic nitrogens is 4. The lowest BCUT2D eigenvalue weighted by Gasteiger charge is -2.08. The predicted octanol–water partition coefficient (Wildman–Crippen LogP) is 2.42. The number of rotatable bonds is 6. The molecule has 0 spiro atoms. The van der Waals surface area contributed by atoms with Crippen LogP contribution in [0, 0.1) is 5.82 Å². The van der Waals surface area contributed by atoms with E-state index < -0.39 is 0 Å². The number of carbonyl (C=O) groups is 1. The molecule has 8 heteroatoms. The van der Waals surface area contributed by atoms with Gasteiger partial charge in [-0.2, -0.15) is 0 Å². The maximum absolute atomic E-state index is 12.8. The average molecular weight is 341 g/mol. The Morgan fingerprint density at radius 3 is 2.76 bits per heavy atom. The van der Waals surface area contributed by atoms with Crippen molar-refractivity contribution in [2.75, 3.05) is 11.9 Å². The second kappa shape index (κ2) is 7.52. The molecule has 25 heavy (non-hydrogen) atoms. The number of ether oxygens (including phenoxy) is 1. The molecule has 128 valence electrons. The normalized spacial score (nSPS) is 10.5. The summed E-state index contributed by atoms with van der Waals surface area (Å²) < 4.78 is 19.8. The zero-order valence-electron chi connectivity index (χ0n) is 13.5. The number of aryl methyl sites for hydroxylation is 1. The van der Waals surface area contributed by atoms with Gasteiger partial charge in [-0.25, -0.2) is 9.07 Å². The second-order valence-electron chi connectivity index (χ2n) is 5.31. The van der Waals surface area contributed by atoms with E-state index in [4.69, 9.17) is 4.74 Å². The van der Waals surface area contributed by atoms with Gasteiger partial charge in [0.15, 0.2) is 5.82 Å². The van der Waals surface area contributed by atoms with E-state index in [1.54, 1.807) is 23.9 Å². The van der Waals surface area contributed by atoms with Crippen LogP contribution in [0.5, 0.6) is 5.75 Å². The molecule has 0 aliphatic rings. The minimum Gasteiger partial charge on any atom is -0.493 e. The van der Waals surface area contributed by atoms with Crippen molar-refractivity contribution in [3.63, 3.8) is 0 Å². The van der Waals surface area contributed by atoms with Gasteiger partial charge in [-0.3, -0.25) is 4.79 Å². The topological polar surface area (TPSA) is 81.9 Å². The van der Waals surface area contributed by atoms with Crippen molar-refractivity contribution in [2.24, 2.45) is 7.05 Å². The molecular formula is C17H16FN5O2. The number of nitrogens with one attached hydrogen (secondary N) is 1. The highest BCUT2D eigenvalue weighted by Gasteiger charge is 2.08. The van der Waals surface area contributed by atoms with Crippen molar-refractivity contribution in [1.82, 2.24) is 20.2 Å². The highest BCUT2D eigenvalue weighted by atomic mass is 19.1. The first-order chi connectivity index (χ1) is 12.1. The monoisotopic (exact) mass is 341 g/mol. The van der Waals surface area contributed by atoms with Gasteiger partial charge in [0.1, 0.15) is 11.6 Å². The third-order valence-corrected chi connectivity index (χ3v) is 3.44. The molecular weight excluding hydrogens is 325 g/mol. The Kier molecular flexibility index (Phi) is 4.98. The van der Waals surface area contributed by atoms with Crippen LogP contribution in [-0.2, 0) is 11.8 Å². The van der Waals surface area contributed by atoms with Crippen molar-refractivity contribution in [3.8, 4) is 17.1 Å². The number of hydrogen-bond donors (Lipinski definition) is 1. The molecule has 0 saturated heterocycles. The van der Waals surface area contributed by atoms with Gasteiger partial charge in [0.2, 0.25) is 5.91 Å². The maximum Gasteiger partial charge on any atom is 0.227 e. The maximum atomic E-state index is 12.8. The first-order valence-electron chi connectivity index (χ1n) is 7.63. The van der Waals surface area contributed by atoms with Crippen LogP contribution in [0.4, 0.5) is 10.1 Å². The fourth-order valence-electron chi connectivity index (χ4n) is 2.23. The number of nitrogens with zero attached hydrogens (tertiary/aromatic N) is 4. The Morgan fingerprint density at radius 1 is 1.24 bits per heavy atom. The van der Waals surface area contributed by atoms with Gasteiger partial charge < -0.3 is 10.1 Å². The van der Waals surface area contributed by atoms with Gasteiger partial charge >= 0.3 is 0 Å². The predicted molar refractivity (Wildman–Crippen MR) is 89.4 cm³/mol. The van der Waals surface area contributed by atoms with E-state index in [-0.39, 0.29) is 24.8 Å². The quantitative estimate of drug-likeness (QED) is 0.745. The lowest BCUT2D eigenvalue weighted by molar-refractivity contribution is -0.116. The van der Waals surface area contributed by atoms with Crippen LogP contribution < -0.4 is 10.1 Å². The number of hydrogen-bond acceptors (Lipinski definition) is 5. The number of tetrazole rings is 1. The molecule has 0 unspecified atom stereocenters. The van der Waals surface area contributed by atoms with E-state index in [0.717, 1.165) is 5.56 Å². The molecule has 0 aliphatic heterocycles. The molecule has 1 heterocycles. The van der Waals surface area contributed by atoms with Gasteiger partial charge in [0.05, 0.1) is 13.0 Å². The summed E-state index contributed by atoms with van der Waals surface area (Å²) in [7, 11) is 1.74. The van der Waals surface area contributed by atoms with Crippen molar-refractivity contribution in [3.05, 3.63) is 54.3 Å². The van der Waals surface area contributed by atoms with Gasteiger partial charge in [-0.15, -0.1) is 5.10 Å². The number of halogens is 1. The molecule has 1 aromatic heterocycles. The van der Waals surface area contributed by atoms with Crippen molar-refractivity contribution < 1.29 is 13.9 Å². The summed E-state index contributed by atoms with van der Waals surface area (Å²) in [4.78, 5) is 12.0. The van der Waals surface area contributed by atoms with Crippen LogP contribution in [0.15, 0.2) is 48.5 Å². The molecule has 3 aromatic rings. The molecule has 0 atom stereocenters. The third kappa shape index (κ3) is 4.37. The average Bonchev–Trinajstić information content (AvgIpc) is 3.03. The number of amides is 1. The van der Waals surface area contributed by atoms with E-state index in [9.17, 15) is 9.18 Å². The Hall–Kier alpha value is -3.29. The SMILES string of the molecule is Cn1nnnc1-c1cccc(NC(=O)CCOc2ccc(F)cc2)c1. The molecule has 0 radical (unpaired) electrons. The highest BCUT2D eigenvalue weighted by molar-refractivity contribution is 5.91. The second-order valence-corrected chi connectivity index (χ2v) is 5.31. The Bertz CT molecular complexity index is 863. The highest BCUT2D eigenvalue weighted by Crippen LogP contribution is 2.19. The Morgan fingerprint density at radius 2 is 2.04 bits per heavy atom. The van der Waals surface area contributed by atoms with Gasteiger partial charge in [-0.1, -0.05) is 12.1 Å². The van der Waals surface area contributed by atoms with Crippen LogP contribution in [-0.4, -0.2) is 32.7 Å². The Balaban J connectivity index is 1.54. The van der Waals surface area contributed by atoms with E-state index in [2.05, 4.69) is 20.8 Å². The van der Waals surface area contributed by atoms with Crippen LogP contribution in [0.25, 0.3) is 11.4 Å². The largest absolute Gasteiger partial charge is 0.493 e. The van der Waals surface area contributed by atoms with E-state index in [0.29, 0.717) is 17.3 Å². The molecule has 0 fully saturated rings. The summed E-state index contributed by atoms with van der Waals surface area (Å²) in [5.41, 5.74) is 1.44. The van der Waals surface area contributed by atoms with Crippen LogP contribution in [0.2, 0.25) is 0 Å². The lowest BCUT2D eigenvalue weighted by Crippen LogP contribution is -2.15. The fraction of sp³-hybridized carbons (Fsp3) is 0.176. The van der Waals surface area contributed by atoms with Crippen molar-refractivity contribution in [2.45, 2.75) is 6.42 Å². The lowest BCUT2D eigenvalue weighted by atomic mass is 10.2. The first kappa shape index (κ1) is 16.6. The van der Waals surface area contributed by atoms with E-state index >= 15 is 0 Å². The number of benzene rings is 2. The summed E-state index contributed by atoms with van der Waals surface area (Å²) in [6, 6.07) is 12.9. The summed E-state index contributed by atoms with van der Waals surface area (Å²) in [6.07, 6.45) is 0.174. The molecule has 0 saturated carbocycles. The van der Waals surface area contributed by atoms with Crippen molar-refractivity contribution >= 4 is 11.6 Å². The molecule has 2 aromatic carbocycles. The standard InChI is InChI=1S/C17H16FN5O2/c1-23-17(20-21-22-23)12-3-2-4-14(11-12)19-16(24)9-10-25-15-7-5-13(18)6-8-15/h2-8,11H,9-10H2,1H3,(H,19,24). The zero-order chi connectivity index (χ0) is 17.6. The van der Waals surface area contributed by atoms with Crippen LogP contribution in [0.1, 0.15) is 6.42 Å². The minimum atomic E-state index is -0.330. The van der Waals surface area contributed by atoms with E-state index in [1.165, 1.54) is 24.3 Å². The van der Waals surface area contributed by atoms with Gasteiger partial charge in [-0.05, 0) is 46.8 Å². The first-order valence-corrected chi connectivity index (χ1v) is 7.63. The zero-order valence-corrected chi connectivity index (χ0v) is 13.5. The van der Waals surface area contributed by atoms with Crippen LogP contribution >= 0.6 is 0 Å². The molecule has 1 amide bonds. The number of anilines is 1. The number of carbonyl (C=O) groups excluding carboxylic acids is 1. The minimum absolute atomic E-state index is 0.174. The summed E-state index contributed by atoms with van der Waals surface area (Å²) >= 11 is 0. The molecule has 0 aliphatic carbocycles. The van der Waals surface area contributed by atoms with Gasteiger partial charge in [0.25, 0.3) is 0 Å². The van der Waals surface area contributed by atoms with Crippen molar-refractivity contribution in [1.29, 1.82) is 0 Å². The summed E-state index contributed by atoms with van der Waals surface area (Å²) in [5, 5.41) is 14.1. The van der Waals surface area contributed by atoms with Crippen LogP contribution in [0.3, 0.4) is 0 Å². The van der Waals surface area contributed by atoms with Gasteiger partial charge in [0, 0.05) is 18.3 Å². The molecule has 7 nitrogen and oxygen atoms in total. The molecule has 3 rings (SSSR count). The molecule has 0 bridgehead atoms. The third-order valence-electron chi connectivity index (χ3n) is 3.44. The molecule has 1 N–H and O–H groups in total. The Labute approximate surface area is 143 Å². The summed E-state index contributed by atoms with van der Waals surface area (Å²) in [6.45, 7) is 0.199. The fourth-order valence-corrected chi connectivity index (χ4v) is 2.23. The van der Waals surface area contributed by atoms with E-state index in [1.807, 2.05) is 12.1 Å².